The van der Waals surface area contributed by atoms with Gasteiger partial charge in [0.25, 0.3) is 0 Å². The molecule has 1 rings (SSSR count). The van der Waals surface area contributed by atoms with E-state index in [-0.39, 0.29) is 37.0 Å². The lowest BCUT2D eigenvalue weighted by molar-refractivity contribution is -0.150. The van der Waals surface area contributed by atoms with Gasteiger partial charge < -0.3 is 31.5 Å². The Hall–Kier alpha value is -1.16. The summed E-state index contributed by atoms with van der Waals surface area (Å²) in [5.41, 5.74) is 10.4. The largest absolute Gasteiger partial charge is 0.480 e. The molecule has 0 saturated carbocycles. The van der Waals surface area contributed by atoms with Gasteiger partial charge in [-0.15, -0.1) is 0 Å². The number of rotatable bonds is 7. The molecule has 0 aromatic carbocycles. The Morgan fingerprint density at radius 1 is 1.43 bits per heavy atom. The first-order chi connectivity index (χ1) is 10.6. The zero-order valence-electron chi connectivity index (χ0n) is 13.8. The summed E-state index contributed by atoms with van der Waals surface area (Å²) in [6.45, 7) is 4.06. The Balaban J connectivity index is 2.88. The highest BCUT2D eigenvalue weighted by atomic mass is 16.4. The fourth-order valence-electron chi connectivity index (χ4n) is 2.97. The van der Waals surface area contributed by atoms with E-state index >= 15 is 0 Å². The zero-order chi connectivity index (χ0) is 17.8. The number of nitrogens with two attached hydrogens (primary N) is 2. The van der Waals surface area contributed by atoms with Crippen LogP contribution in [0.25, 0.3) is 0 Å². The molecule has 0 radical (unpaired) electrons. The monoisotopic (exact) mass is 329 g/mol. The summed E-state index contributed by atoms with van der Waals surface area (Å²) in [7, 11) is -1.46. The molecule has 1 saturated heterocycles. The van der Waals surface area contributed by atoms with Gasteiger partial charge in [-0.25, -0.2) is 0 Å². The maximum absolute atomic E-state index is 12.5. The molecule has 0 aliphatic carbocycles. The highest BCUT2D eigenvalue weighted by molar-refractivity contribution is 6.40. The van der Waals surface area contributed by atoms with E-state index in [0.717, 1.165) is 6.42 Å². The van der Waals surface area contributed by atoms with Crippen molar-refractivity contribution in [3.63, 3.8) is 0 Å². The number of carboxylic acid groups (broad SMARTS) is 1. The lowest BCUT2D eigenvalue weighted by Gasteiger charge is -2.43. The van der Waals surface area contributed by atoms with Crippen LogP contribution in [0.3, 0.4) is 0 Å². The third kappa shape index (κ3) is 5.17. The molecule has 0 aromatic rings. The number of hydrogen-bond acceptors (Lipinski definition) is 6. The maximum atomic E-state index is 12.5. The molecule has 1 aliphatic rings. The van der Waals surface area contributed by atoms with Crippen molar-refractivity contribution in [2.24, 2.45) is 23.3 Å². The first kappa shape index (κ1) is 19.9. The highest BCUT2D eigenvalue weighted by Crippen LogP contribution is 2.28. The standard InChI is InChI=1S/C14H28BN3O5/c1-3-9(2)11(16)12(19)18-7-10(4-5-15(22)23)6-14(17,8-18)13(20)21/h9-11,22-23H,3-8,16-17H2,1-2H3,(H,20,21)/t9?,10-,11-,14+/m0/s1. The summed E-state index contributed by atoms with van der Waals surface area (Å²) in [5, 5.41) is 27.4. The molecule has 1 aliphatic heterocycles. The Kier molecular flexibility index (Phi) is 7.00. The number of likely N-dealkylation sites (tertiary alicyclic amines) is 1. The predicted molar refractivity (Wildman–Crippen MR) is 86.3 cm³/mol. The minimum absolute atomic E-state index is 0.0147. The molecule has 8 nitrogen and oxygen atoms in total. The second-order valence-electron chi connectivity index (χ2n) is 6.72. The third-order valence-corrected chi connectivity index (χ3v) is 4.72. The number of aliphatic carboxylic acids is 1. The van der Waals surface area contributed by atoms with Crippen LogP contribution >= 0.6 is 0 Å². The number of nitrogens with zero attached hydrogens (tertiary/aromatic N) is 1. The van der Waals surface area contributed by atoms with E-state index < -0.39 is 24.7 Å². The number of carboxylic acids is 1. The summed E-state index contributed by atoms with van der Waals surface area (Å²) in [5.74, 6) is -1.69. The molecule has 0 aromatic heterocycles. The van der Waals surface area contributed by atoms with E-state index in [2.05, 4.69) is 0 Å². The van der Waals surface area contributed by atoms with E-state index in [1.807, 2.05) is 13.8 Å². The van der Waals surface area contributed by atoms with Crippen LogP contribution in [0.1, 0.15) is 33.1 Å². The van der Waals surface area contributed by atoms with Crippen LogP contribution in [0.15, 0.2) is 0 Å². The third-order valence-electron chi connectivity index (χ3n) is 4.72. The molecule has 1 unspecified atom stereocenters. The maximum Gasteiger partial charge on any atom is 0.451 e. The van der Waals surface area contributed by atoms with Crippen molar-refractivity contribution in [3.8, 4) is 0 Å². The first-order valence-corrected chi connectivity index (χ1v) is 8.03. The normalized spacial score (nSPS) is 27.4. The highest BCUT2D eigenvalue weighted by Gasteiger charge is 2.45. The van der Waals surface area contributed by atoms with Crippen LogP contribution in [-0.4, -0.2) is 63.7 Å². The Bertz CT molecular complexity index is 437. The van der Waals surface area contributed by atoms with Crippen LogP contribution in [-0.2, 0) is 9.59 Å². The number of carbonyl (C=O) groups excluding carboxylic acids is 1. The molecule has 1 amide bonds. The minimum Gasteiger partial charge on any atom is -0.480 e. The van der Waals surface area contributed by atoms with Crippen molar-refractivity contribution >= 4 is 19.0 Å². The summed E-state index contributed by atoms with van der Waals surface area (Å²) in [6.07, 6.45) is 1.43. The molecule has 23 heavy (non-hydrogen) atoms. The average molecular weight is 329 g/mol. The van der Waals surface area contributed by atoms with E-state index in [4.69, 9.17) is 21.5 Å². The SMILES string of the molecule is CCC(C)[C@H](N)C(=O)N1C[C@@H](CCB(O)O)C[C@](N)(C(=O)O)C1. The quantitative estimate of drug-likeness (QED) is 0.370. The van der Waals surface area contributed by atoms with Gasteiger partial charge in [-0.2, -0.15) is 0 Å². The minimum atomic E-state index is -1.53. The van der Waals surface area contributed by atoms with Gasteiger partial charge in [-0.1, -0.05) is 26.7 Å². The molecule has 1 fully saturated rings. The molecular formula is C14H28BN3O5. The molecule has 0 bridgehead atoms. The second-order valence-corrected chi connectivity index (χ2v) is 6.72. The van der Waals surface area contributed by atoms with Gasteiger partial charge in [0.1, 0.15) is 5.54 Å². The van der Waals surface area contributed by atoms with Crippen molar-refractivity contribution in [1.29, 1.82) is 0 Å². The van der Waals surface area contributed by atoms with Crippen LogP contribution in [0, 0.1) is 11.8 Å². The van der Waals surface area contributed by atoms with Crippen molar-refractivity contribution in [3.05, 3.63) is 0 Å². The van der Waals surface area contributed by atoms with Gasteiger partial charge >= 0.3 is 13.1 Å². The summed E-state index contributed by atoms with van der Waals surface area (Å²) < 4.78 is 0. The Morgan fingerprint density at radius 3 is 2.52 bits per heavy atom. The van der Waals surface area contributed by atoms with Crippen molar-refractivity contribution < 1.29 is 24.7 Å². The van der Waals surface area contributed by atoms with Crippen LogP contribution < -0.4 is 11.5 Å². The topological polar surface area (TPSA) is 150 Å². The molecule has 9 heteroatoms. The number of amides is 1. The van der Waals surface area contributed by atoms with Gasteiger partial charge in [0.15, 0.2) is 0 Å². The van der Waals surface area contributed by atoms with Crippen molar-refractivity contribution in [1.82, 2.24) is 4.90 Å². The van der Waals surface area contributed by atoms with Gasteiger partial charge in [0.05, 0.1) is 6.04 Å². The molecule has 132 valence electrons. The molecular weight excluding hydrogens is 301 g/mol. The van der Waals surface area contributed by atoms with Crippen LogP contribution in [0.2, 0.25) is 6.32 Å². The molecule has 0 spiro atoms. The number of piperidine rings is 1. The number of carbonyl (C=O) groups is 2. The summed E-state index contributed by atoms with van der Waals surface area (Å²) in [4.78, 5) is 25.5. The zero-order valence-corrected chi connectivity index (χ0v) is 13.8. The van der Waals surface area contributed by atoms with Crippen LogP contribution in [0.5, 0.6) is 0 Å². The fraction of sp³-hybridized carbons (Fsp3) is 0.857. The van der Waals surface area contributed by atoms with E-state index in [0.29, 0.717) is 13.0 Å². The average Bonchev–Trinajstić information content (AvgIpc) is 2.50. The molecule has 4 atom stereocenters. The molecule has 7 N–H and O–H groups in total. The Labute approximate surface area is 137 Å². The summed E-state index contributed by atoms with van der Waals surface area (Å²) in [6, 6.07) is -0.694. The molecule has 1 heterocycles. The van der Waals surface area contributed by atoms with Crippen molar-refractivity contribution in [2.45, 2.75) is 51.0 Å². The predicted octanol–water partition coefficient (Wildman–Crippen LogP) is -1.15. The van der Waals surface area contributed by atoms with Gasteiger partial charge in [-0.05, 0) is 24.6 Å². The number of hydrogen-bond donors (Lipinski definition) is 5. The van der Waals surface area contributed by atoms with Gasteiger partial charge in [0, 0.05) is 13.1 Å². The Morgan fingerprint density at radius 2 is 2.04 bits per heavy atom. The summed E-state index contributed by atoms with van der Waals surface area (Å²) >= 11 is 0. The first-order valence-electron chi connectivity index (χ1n) is 8.03. The smallest absolute Gasteiger partial charge is 0.451 e. The van der Waals surface area contributed by atoms with E-state index in [1.165, 1.54) is 4.90 Å². The second kappa shape index (κ2) is 8.10. The van der Waals surface area contributed by atoms with Gasteiger partial charge in [-0.3, -0.25) is 9.59 Å². The fourth-order valence-corrected chi connectivity index (χ4v) is 2.97. The van der Waals surface area contributed by atoms with E-state index in [9.17, 15) is 14.7 Å². The lowest BCUT2D eigenvalue weighted by atomic mass is 9.75. The lowest BCUT2D eigenvalue weighted by Crippen LogP contribution is -2.64. The van der Waals surface area contributed by atoms with E-state index in [1.54, 1.807) is 0 Å². The van der Waals surface area contributed by atoms with Crippen LogP contribution in [0.4, 0.5) is 0 Å². The van der Waals surface area contributed by atoms with Gasteiger partial charge in [0.2, 0.25) is 5.91 Å². The van der Waals surface area contributed by atoms with Crippen molar-refractivity contribution in [2.75, 3.05) is 13.1 Å².